The third-order valence-electron chi connectivity index (χ3n) is 4.24. The van der Waals surface area contributed by atoms with Gasteiger partial charge in [-0.15, -0.1) is 0 Å². The average molecular weight is 322 g/mol. The number of esters is 1. The van der Waals surface area contributed by atoms with Crippen LogP contribution in [0.25, 0.3) is 0 Å². The monoisotopic (exact) mass is 322 g/mol. The van der Waals surface area contributed by atoms with E-state index >= 15 is 0 Å². The number of hydrogen-bond acceptors (Lipinski definition) is 3. The molecule has 1 aliphatic carbocycles. The van der Waals surface area contributed by atoms with E-state index in [1.807, 2.05) is 69.3 Å². The molecule has 1 aliphatic rings. The zero-order chi connectivity index (χ0) is 17.3. The van der Waals surface area contributed by atoms with Crippen LogP contribution in [0.1, 0.15) is 42.6 Å². The predicted molar refractivity (Wildman–Crippen MR) is 92.8 cm³/mol. The first-order valence-corrected chi connectivity index (χ1v) is 8.25. The first kappa shape index (κ1) is 16.4. The molecule has 3 rings (SSSR count). The summed E-state index contributed by atoms with van der Waals surface area (Å²) in [5, 5.41) is 0. The topological polar surface area (TPSA) is 43.4 Å². The lowest BCUT2D eigenvalue weighted by molar-refractivity contribution is -0.156. The minimum absolute atomic E-state index is 0.0142. The Morgan fingerprint density at radius 1 is 0.833 bits per heavy atom. The fourth-order valence-electron chi connectivity index (χ4n) is 3.19. The normalized spacial score (nSPS) is 22.7. The van der Waals surface area contributed by atoms with Crippen molar-refractivity contribution in [3.63, 3.8) is 0 Å². The summed E-state index contributed by atoms with van der Waals surface area (Å²) in [5.74, 6) is -1.12. The molecular formula is C21H22O3. The van der Waals surface area contributed by atoms with Crippen molar-refractivity contribution in [2.24, 2.45) is 11.8 Å². The molecule has 3 nitrogen and oxygen atoms in total. The number of rotatable bonds is 4. The molecule has 0 amide bonds. The Morgan fingerprint density at radius 2 is 1.38 bits per heavy atom. The molecule has 0 unspecified atom stereocenters. The smallest absolute Gasteiger partial charge is 0.310 e. The summed E-state index contributed by atoms with van der Waals surface area (Å²) in [6, 6.07) is 18.9. The molecule has 0 aromatic heterocycles. The van der Waals surface area contributed by atoms with Gasteiger partial charge in [0.15, 0.2) is 5.78 Å². The largest absolute Gasteiger partial charge is 0.460 e. The zero-order valence-electron chi connectivity index (χ0n) is 14.2. The molecule has 0 spiro atoms. The van der Waals surface area contributed by atoms with Crippen LogP contribution in [0.15, 0.2) is 60.7 Å². The molecule has 2 aromatic carbocycles. The van der Waals surface area contributed by atoms with E-state index < -0.39 is 11.5 Å². The van der Waals surface area contributed by atoms with Crippen LogP contribution in [0, 0.1) is 11.8 Å². The van der Waals surface area contributed by atoms with Crippen LogP contribution in [0.3, 0.4) is 0 Å². The minimum atomic E-state index is -0.554. The van der Waals surface area contributed by atoms with Crippen molar-refractivity contribution in [2.75, 3.05) is 0 Å². The maximum atomic E-state index is 12.9. The van der Waals surface area contributed by atoms with Gasteiger partial charge in [-0.3, -0.25) is 9.59 Å². The summed E-state index contributed by atoms with van der Waals surface area (Å²) in [5.41, 5.74) is 1.11. The van der Waals surface area contributed by atoms with E-state index in [0.29, 0.717) is 5.56 Å². The molecule has 24 heavy (non-hydrogen) atoms. The molecule has 3 heteroatoms. The van der Waals surface area contributed by atoms with E-state index in [2.05, 4.69) is 0 Å². The lowest BCUT2D eigenvalue weighted by Gasteiger charge is -2.19. The predicted octanol–water partition coefficient (Wildman–Crippen LogP) is 4.24. The van der Waals surface area contributed by atoms with Crippen molar-refractivity contribution in [3.05, 3.63) is 71.8 Å². The number of ether oxygens (including phenoxy) is 1. The molecular weight excluding hydrogens is 300 g/mol. The van der Waals surface area contributed by atoms with Gasteiger partial charge in [0.1, 0.15) is 5.60 Å². The quantitative estimate of drug-likeness (QED) is 0.624. The molecule has 1 fully saturated rings. The fourth-order valence-corrected chi connectivity index (χ4v) is 3.19. The lowest BCUT2D eigenvalue weighted by Crippen LogP contribution is -2.26. The van der Waals surface area contributed by atoms with E-state index in [9.17, 15) is 9.59 Å². The highest BCUT2D eigenvalue weighted by Gasteiger charge is 2.60. The fraction of sp³-hybridized carbons (Fsp3) is 0.333. The number of Topliss-reactive ketones (excluding diaryl/α,β-unsaturated/α-hetero) is 1. The summed E-state index contributed by atoms with van der Waals surface area (Å²) >= 11 is 0. The van der Waals surface area contributed by atoms with Crippen LogP contribution in [0.4, 0.5) is 0 Å². The second-order valence-corrected chi connectivity index (χ2v) is 7.25. The van der Waals surface area contributed by atoms with Gasteiger partial charge < -0.3 is 4.74 Å². The Hall–Kier alpha value is -2.42. The van der Waals surface area contributed by atoms with Crippen LogP contribution in [-0.4, -0.2) is 17.4 Å². The Kier molecular flexibility index (Phi) is 4.27. The van der Waals surface area contributed by atoms with Crippen molar-refractivity contribution in [1.29, 1.82) is 0 Å². The Balaban J connectivity index is 1.87. The highest BCUT2D eigenvalue weighted by atomic mass is 16.6. The molecule has 0 radical (unpaired) electrons. The number of carbonyl (C=O) groups excluding carboxylic acids is 2. The van der Waals surface area contributed by atoms with E-state index in [1.54, 1.807) is 12.1 Å². The van der Waals surface area contributed by atoms with Gasteiger partial charge >= 0.3 is 5.97 Å². The summed E-state index contributed by atoms with van der Waals surface area (Å²) < 4.78 is 5.54. The van der Waals surface area contributed by atoms with Crippen LogP contribution in [0.5, 0.6) is 0 Å². The SMILES string of the molecule is CC(C)(C)OC(=O)[C@@H]1[C@@H](C(=O)c2ccccc2)[C@@H]1c1ccccc1. The van der Waals surface area contributed by atoms with Crippen molar-refractivity contribution in [1.82, 2.24) is 0 Å². The standard InChI is InChI=1S/C21H22O3/c1-21(2,3)24-20(23)18-16(14-10-6-4-7-11-14)17(18)19(22)15-12-8-5-9-13-15/h4-13,16-18H,1-3H3/t16-,17-,18-/m0/s1. The molecule has 2 aromatic rings. The third kappa shape index (κ3) is 3.40. The molecule has 0 saturated heterocycles. The average Bonchev–Trinajstić information content (AvgIpc) is 3.30. The Morgan fingerprint density at radius 3 is 1.92 bits per heavy atom. The van der Waals surface area contributed by atoms with Gasteiger partial charge in [-0.1, -0.05) is 60.7 Å². The summed E-state index contributed by atoms with van der Waals surface area (Å²) in [4.78, 5) is 25.4. The molecule has 3 atom stereocenters. The second kappa shape index (κ2) is 6.23. The number of carbonyl (C=O) groups is 2. The van der Waals surface area contributed by atoms with Gasteiger partial charge in [0, 0.05) is 17.4 Å². The maximum absolute atomic E-state index is 12.9. The van der Waals surface area contributed by atoms with Gasteiger partial charge in [-0.25, -0.2) is 0 Å². The number of benzene rings is 2. The highest BCUT2D eigenvalue weighted by Crippen LogP contribution is 2.56. The van der Waals surface area contributed by atoms with Crippen LogP contribution in [-0.2, 0) is 9.53 Å². The van der Waals surface area contributed by atoms with Crippen molar-refractivity contribution in [3.8, 4) is 0 Å². The summed E-state index contributed by atoms with van der Waals surface area (Å²) in [6.45, 7) is 5.54. The Labute approximate surface area is 142 Å². The van der Waals surface area contributed by atoms with Crippen molar-refractivity contribution in [2.45, 2.75) is 32.3 Å². The number of ketones is 1. The van der Waals surface area contributed by atoms with Gasteiger partial charge in [-0.05, 0) is 26.3 Å². The first-order chi connectivity index (χ1) is 11.4. The van der Waals surface area contributed by atoms with Gasteiger partial charge in [0.05, 0.1) is 5.92 Å². The summed E-state index contributed by atoms with van der Waals surface area (Å²) in [6.07, 6.45) is 0. The Bertz CT molecular complexity index is 729. The minimum Gasteiger partial charge on any atom is -0.460 e. The third-order valence-corrected chi connectivity index (χ3v) is 4.24. The molecule has 124 valence electrons. The molecule has 0 heterocycles. The van der Waals surface area contributed by atoms with Crippen LogP contribution in [0.2, 0.25) is 0 Å². The van der Waals surface area contributed by atoms with E-state index in [0.717, 1.165) is 5.56 Å². The second-order valence-electron chi connectivity index (χ2n) is 7.25. The van der Waals surface area contributed by atoms with Gasteiger partial charge in [0.2, 0.25) is 0 Å². The van der Waals surface area contributed by atoms with Gasteiger partial charge in [0.25, 0.3) is 0 Å². The van der Waals surface area contributed by atoms with E-state index in [-0.39, 0.29) is 23.6 Å². The summed E-state index contributed by atoms with van der Waals surface area (Å²) in [7, 11) is 0. The highest BCUT2D eigenvalue weighted by molar-refractivity contribution is 6.04. The molecule has 1 saturated carbocycles. The van der Waals surface area contributed by atoms with Crippen molar-refractivity contribution < 1.29 is 14.3 Å². The van der Waals surface area contributed by atoms with Crippen LogP contribution >= 0.6 is 0 Å². The lowest BCUT2D eigenvalue weighted by atomic mass is 10.0. The van der Waals surface area contributed by atoms with E-state index in [4.69, 9.17) is 4.74 Å². The van der Waals surface area contributed by atoms with E-state index in [1.165, 1.54) is 0 Å². The van der Waals surface area contributed by atoms with Crippen LogP contribution < -0.4 is 0 Å². The molecule has 0 bridgehead atoms. The zero-order valence-corrected chi connectivity index (χ0v) is 14.2. The molecule has 0 aliphatic heterocycles. The van der Waals surface area contributed by atoms with Crippen molar-refractivity contribution >= 4 is 11.8 Å². The number of hydrogen-bond donors (Lipinski definition) is 0. The molecule has 0 N–H and O–H groups in total. The first-order valence-electron chi connectivity index (χ1n) is 8.25. The van der Waals surface area contributed by atoms with Gasteiger partial charge in [-0.2, -0.15) is 0 Å². The maximum Gasteiger partial charge on any atom is 0.310 e.